The quantitative estimate of drug-likeness (QED) is 0.803. The summed E-state index contributed by atoms with van der Waals surface area (Å²) in [6, 6.07) is 3.65. The molecule has 0 amide bonds. The number of sulfonamides is 1. The molecule has 0 heterocycles. The first-order valence-corrected chi connectivity index (χ1v) is 8.44. The van der Waals surface area contributed by atoms with Crippen molar-refractivity contribution in [3.63, 3.8) is 0 Å². The molecule has 1 aromatic carbocycles. The van der Waals surface area contributed by atoms with E-state index in [-0.39, 0.29) is 5.92 Å². The second-order valence-electron chi connectivity index (χ2n) is 4.62. The average Bonchev–Trinajstić information content (AvgIpc) is 2.34. The molecule has 0 aliphatic rings. The lowest BCUT2D eigenvalue weighted by atomic mass is 10.1. The monoisotopic (exact) mass is 373 g/mol. The lowest BCUT2D eigenvalue weighted by Crippen LogP contribution is -2.40. The maximum absolute atomic E-state index is 12.9. The molecular weight excluding hydrogens is 359 g/mol. The summed E-state index contributed by atoms with van der Waals surface area (Å²) in [5.74, 6) is -0.0535. The fourth-order valence-electron chi connectivity index (χ4n) is 1.54. The summed E-state index contributed by atoms with van der Waals surface area (Å²) < 4.78 is 65.1. The first-order valence-electron chi connectivity index (χ1n) is 5.84. The van der Waals surface area contributed by atoms with Gasteiger partial charge in [-0.1, -0.05) is 41.9 Å². The van der Waals surface area contributed by atoms with Crippen molar-refractivity contribution >= 4 is 26.0 Å². The van der Waals surface area contributed by atoms with Crippen LogP contribution < -0.4 is 4.72 Å². The Balaban J connectivity index is 3.23. The topological polar surface area (TPSA) is 46.2 Å². The summed E-state index contributed by atoms with van der Waals surface area (Å²) in [6.07, 6.45) is -4.72. The summed E-state index contributed by atoms with van der Waals surface area (Å²) in [4.78, 5) is -0.751. The number of alkyl halides is 4. The Labute approximate surface area is 124 Å². The lowest BCUT2D eigenvalue weighted by molar-refractivity contribution is -0.139. The summed E-state index contributed by atoms with van der Waals surface area (Å²) in [5.41, 5.74) is -1.16. The summed E-state index contributed by atoms with van der Waals surface area (Å²) in [7, 11) is -4.23. The zero-order valence-electron chi connectivity index (χ0n) is 10.9. The van der Waals surface area contributed by atoms with Crippen LogP contribution in [0.3, 0.4) is 0 Å². The Hall–Kier alpha value is -0.600. The van der Waals surface area contributed by atoms with E-state index in [2.05, 4.69) is 20.7 Å². The van der Waals surface area contributed by atoms with Gasteiger partial charge in [0.1, 0.15) is 0 Å². The molecule has 0 saturated carbocycles. The van der Waals surface area contributed by atoms with Gasteiger partial charge in [-0.15, -0.1) is 0 Å². The largest absolute Gasteiger partial charge is 0.417 e. The minimum absolute atomic E-state index is 0.0535. The smallest absolute Gasteiger partial charge is 0.207 e. The Morgan fingerprint density at radius 1 is 1.25 bits per heavy atom. The van der Waals surface area contributed by atoms with E-state index < -0.39 is 32.7 Å². The Morgan fingerprint density at radius 3 is 2.25 bits per heavy atom. The third-order valence-corrected chi connectivity index (χ3v) is 5.01. The van der Waals surface area contributed by atoms with Gasteiger partial charge in [0.05, 0.1) is 10.5 Å². The molecule has 0 bridgehead atoms. The van der Waals surface area contributed by atoms with Crippen LogP contribution in [0, 0.1) is 5.92 Å². The number of hydrogen-bond acceptors (Lipinski definition) is 2. The molecule has 1 N–H and O–H groups in total. The van der Waals surface area contributed by atoms with Crippen molar-refractivity contribution in [1.29, 1.82) is 0 Å². The van der Waals surface area contributed by atoms with Crippen LogP contribution in [0.2, 0.25) is 0 Å². The molecule has 0 spiro atoms. The predicted octanol–water partition coefficient (Wildman–Crippen LogP) is 3.40. The number of benzene rings is 1. The molecule has 8 heteroatoms. The highest BCUT2D eigenvalue weighted by molar-refractivity contribution is 9.09. The Morgan fingerprint density at radius 2 is 1.80 bits per heavy atom. The van der Waals surface area contributed by atoms with Crippen LogP contribution in [0.4, 0.5) is 13.2 Å². The van der Waals surface area contributed by atoms with Gasteiger partial charge < -0.3 is 0 Å². The molecule has 1 aromatic rings. The van der Waals surface area contributed by atoms with Crippen LogP contribution in [0.1, 0.15) is 19.4 Å². The first kappa shape index (κ1) is 17.5. The van der Waals surface area contributed by atoms with Crippen molar-refractivity contribution in [2.75, 3.05) is 5.33 Å². The second-order valence-corrected chi connectivity index (χ2v) is 6.95. The molecule has 0 aromatic heterocycles. The predicted molar refractivity (Wildman–Crippen MR) is 74.2 cm³/mol. The zero-order chi connectivity index (χ0) is 15.6. The number of nitrogens with one attached hydrogen (secondary N) is 1. The van der Waals surface area contributed by atoms with Gasteiger partial charge in [-0.25, -0.2) is 13.1 Å². The van der Waals surface area contributed by atoms with Crippen molar-refractivity contribution < 1.29 is 21.6 Å². The molecule has 0 saturated heterocycles. The third-order valence-electron chi connectivity index (χ3n) is 2.76. The van der Waals surface area contributed by atoms with E-state index in [0.717, 1.165) is 18.2 Å². The molecule has 0 aliphatic carbocycles. The van der Waals surface area contributed by atoms with Gasteiger partial charge in [-0.05, 0) is 18.1 Å². The number of halogens is 4. The molecule has 1 unspecified atom stereocenters. The summed E-state index contributed by atoms with van der Waals surface area (Å²) in [6.45, 7) is 3.56. The third kappa shape index (κ3) is 4.20. The van der Waals surface area contributed by atoms with Crippen LogP contribution in [0.15, 0.2) is 29.2 Å². The normalized spacial score (nSPS) is 14.6. The molecule has 0 aliphatic heterocycles. The average molecular weight is 374 g/mol. The van der Waals surface area contributed by atoms with E-state index in [9.17, 15) is 21.6 Å². The van der Waals surface area contributed by atoms with Crippen LogP contribution in [-0.2, 0) is 16.2 Å². The van der Waals surface area contributed by atoms with Gasteiger partial charge in [0, 0.05) is 11.4 Å². The minimum atomic E-state index is -4.72. The van der Waals surface area contributed by atoms with Crippen LogP contribution in [-0.4, -0.2) is 19.8 Å². The molecule has 1 rings (SSSR count). The van der Waals surface area contributed by atoms with Crippen molar-refractivity contribution in [1.82, 2.24) is 4.72 Å². The fraction of sp³-hybridized carbons (Fsp3) is 0.500. The molecule has 0 radical (unpaired) electrons. The van der Waals surface area contributed by atoms with E-state index in [0.29, 0.717) is 5.33 Å². The lowest BCUT2D eigenvalue weighted by Gasteiger charge is -2.21. The maximum Gasteiger partial charge on any atom is 0.417 e. The van der Waals surface area contributed by atoms with E-state index in [1.165, 1.54) is 6.07 Å². The fourth-order valence-corrected chi connectivity index (χ4v) is 4.28. The number of rotatable bonds is 5. The van der Waals surface area contributed by atoms with Crippen LogP contribution in [0.5, 0.6) is 0 Å². The van der Waals surface area contributed by atoms with Crippen molar-refractivity contribution in [2.24, 2.45) is 5.92 Å². The van der Waals surface area contributed by atoms with Gasteiger partial charge in [0.2, 0.25) is 10.0 Å². The molecule has 114 valence electrons. The minimum Gasteiger partial charge on any atom is -0.207 e. The highest BCUT2D eigenvalue weighted by Crippen LogP contribution is 2.34. The van der Waals surface area contributed by atoms with Gasteiger partial charge in [-0.2, -0.15) is 13.2 Å². The van der Waals surface area contributed by atoms with Crippen molar-refractivity contribution in [2.45, 2.75) is 31.0 Å². The van der Waals surface area contributed by atoms with E-state index in [1.807, 2.05) is 0 Å². The van der Waals surface area contributed by atoms with Gasteiger partial charge in [-0.3, -0.25) is 0 Å². The van der Waals surface area contributed by atoms with E-state index in [4.69, 9.17) is 0 Å². The van der Waals surface area contributed by atoms with Crippen LogP contribution >= 0.6 is 15.9 Å². The highest BCUT2D eigenvalue weighted by atomic mass is 79.9. The molecular formula is C12H15BrF3NO2S. The van der Waals surface area contributed by atoms with Crippen molar-refractivity contribution in [3.05, 3.63) is 29.8 Å². The van der Waals surface area contributed by atoms with Crippen LogP contribution in [0.25, 0.3) is 0 Å². The van der Waals surface area contributed by atoms with Crippen molar-refractivity contribution in [3.8, 4) is 0 Å². The second kappa shape index (κ2) is 6.44. The Kier molecular flexibility index (Phi) is 5.62. The summed E-state index contributed by atoms with van der Waals surface area (Å²) in [5, 5.41) is 0.318. The standard InChI is InChI=1S/C12H15BrF3NO2S/c1-8(2)10(7-13)17-20(18,19)11-6-4-3-5-9(11)12(14,15)16/h3-6,8,10,17H,7H2,1-2H3. The summed E-state index contributed by atoms with van der Waals surface area (Å²) >= 11 is 3.15. The first-order chi connectivity index (χ1) is 9.09. The highest BCUT2D eigenvalue weighted by Gasteiger charge is 2.37. The van der Waals surface area contributed by atoms with Gasteiger partial charge in [0.25, 0.3) is 0 Å². The molecule has 3 nitrogen and oxygen atoms in total. The zero-order valence-corrected chi connectivity index (χ0v) is 13.3. The van der Waals surface area contributed by atoms with Gasteiger partial charge >= 0.3 is 6.18 Å². The van der Waals surface area contributed by atoms with Gasteiger partial charge in [0.15, 0.2) is 0 Å². The van der Waals surface area contributed by atoms with E-state index >= 15 is 0 Å². The molecule has 20 heavy (non-hydrogen) atoms. The maximum atomic E-state index is 12.9. The van der Waals surface area contributed by atoms with E-state index in [1.54, 1.807) is 13.8 Å². The number of hydrogen-bond donors (Lipinski definition) is 1. The molecule has 0 fully saturated rings. The Bertz CT molecular complexity index is 558. The molecule has 1 atom stereocenters. The SMILES string of the molecule is CC(C)C(CBr)NS(=O)(=O)c1ccccc1C(F)(F)F.